The number of hydrogen-bond acceptors (Lipinski definition) is 3. The van der Waals surface area contributed by atoms with Gasteiger partial charge in [-0.05, 0) is 42.9 Å². The van der Waals surface area contributed by atoms with Gasteiger partial charge in [-0.25, -0.2) is 0 Å². The summed E-state index contributed by atoms with van der Waals surface area (Å²) in [6.07, 6.45) is 2.25. The Labute approximate surface area is 121 Å². The highest BCUT2D eigenvalue weighted by Crippen LogP contribution is 2.27. The molecule has 1 aromatic carbocycles. The van der Waals surface area contributed by atoms with Crippen LogP contribution in [0.15, 0.2) is 18.2 Å². The number of amides is 1. The summed E-state index contributed by atoms with van der Waals surface area (Å²) in [5.41, 5.74) is 9.62. The van der Waals surface area contributed by atoms with Gasteiger partial charge in [-0.1, -0.05) is 12.1 Å². The van der Waals surface area contributed by atoms with Gasteiger partial charge >= 0.3 is 0 Å². The van der Waals surface area contributed by atoms with Crippen molar-refractivity contribution in [1.29, 1.82) is 0 Å². The lowest BCUT2D eigenvalue weighted by molar-refractivity contribution is -0.119. The highest BCUT2D eigenvalue weighted by atomic mass is 16.1. The fourth-order valence-corrected chi connectivity index (χ4v) is 2.81. The maximum atomic E-state index is 11.0. The molecule has 1 aliphatic rings. The minimum absolute atomic E-state index is 0.0662. The van der Waals surface area contributed by atoms with Crippen molar-refractivity contribution in [2.24, 2.45) is 11.7 Å². The van der Waals surface area contributed by atoms with E-state index < -0.39 is 0 Å². The van der Waals surface area contributed by atoms with Gasteiger partial charge in [-0.2, -0.15) is 0 Å². The molecule has 4 heteroatoms. The molecule has 1 saturated heterocycles. The van der Waals surface area contributed by atoms with Crippen LogP contribution in [0.4, 0.5) is 5.69 Å². The number of aryl methyl sites for hydroxylation is 1. The third kappa shape index (κ3) is 3.73. The van der Waals surface area contributed by atoms with Crippen molar-refractivity contribution in [3.8, 4) is 0 Å². The predicted octanol–water partition coefficient (Wildman–Crippen LogP) is 1.81. The van der Waals surface area contributed by atoms with E-state index in [9.17, 15) is 4.79 Å². The second kappa shape index (κ2) is 6.75. The number of nitrogens with two attached hydrogens (primary N) is 1. The van der Waals surface area contributed by atoms with Gasteiger partial charge in [0.05, 0.1) is 0 Å². The quantitative estimate of drug-likeness (QED) is 0.881. The van der Waals surface area contributed by atoms with Crippen LogP contribution in [-0.2, 0) is 11.3 Å². The van der Waals surface area contributed by atoms with E-state index in [0.717, 1.165) is 32.5 Å². The fraction of sp³-hybridized carbons (Fsp3) is 0.562. The zero-order valence-corrected chi connectivity index (χ0v) is 12.5. The maximum absolute atomic E-state index is 11.0. The number of anilines is 1. The van der Waals surface area contributed by atoms with Crippen molar-refractivity contribution in [3.05, 3.63) is 29.3 Å². The summed E-state index contributed by atoms with van der Waals surface area (Å²) < 4.78 is 0. The van der Waals surface area contributed by atoms with E-state index in [0.29, 0.717) is 12.5 Å². The number of nitrogens with one attached hydrogen (secondary N) is 1. The van der Waals surface area contributed by atoms with Crippen molar-refractivity contribution in [2.75, 3.05) is 24.5 Å². The Morgan fingerprint density at radius 1 is 1.40 bits per heavy atom. The van der Waals surface area contributed by atoms with E-state index in [2.05, 4.69) is 35.3 Å². The van der Waals surface area contributed by atoms with Gasteiger partial charge in [0.15, 0.2) is 0 Å². The molecule has 0 spiro atoms. The monoisotopic (exact) mass is 275 g/mol. The van der Waals surface area contributed by atoms with Crippen LogP contribution in [0.25, 0.3) is 0 Å². The van der Waals surface area contributed by atoms with Crippen molar-refractivity contribution < 1.29 is 4.79 Å². The Hall–Kier alpha value is -1.55. The molecule has 1 heterocycles. The molecule has 0 bridgehead atoms. The van der Waals surface area contributed by atoms with E-state index in [-0.39, 0.29) is 5.91 Å². The van der Waals surface area contributed by atoms with Crippen molar-refractivity contribution in [2.45, 2.75) is 33.2 Å². The van der Waals surface area contributed by atoms with E-state index in [1.54, 1.807) is 6.92 Å². The molecule has 3 N–H and O–H groups in total. The molecule has 110 valence electrons. The van der Waals surface area contributed by atoms with Crippen molar-refractivity contribution in [3.63, 3.8) is 0 Å². The SMILES string of the molecule is CC(=O)NCC1CCN(c2cc(C)ccc2CN)CC1. The molecule has 4 nitrogen and oxygen atoms in total. The number of nitrogens with zero attached hydrogens (tertiary/aromatic N) is 1. The number of carbonyl (C=O) groups excluding carboxylic acids is 1. The zero-order chi connectivity index (χ0) is 14.5. The number of benzene rings is 1. The van der Waals surface area contributed by atoms with Gasteiger partial charge in [0.1, 0.15) is 0 Å². The molecular weight excluding hydrogens is 250 g/mol. The highest BCUT2D eigenvalue weighted by Gasteiger charge is 2.20. The lowest BCUT2D eigenvalue weighted by Gasteiger charge is -2.35. The first-order valence-electron chi connectivity index (χ1n) is 7.39. The zero-order valence-electron chi connectivity index (χ0n) is 12.5. The first-order valence-corrected chi connectivity index (χ1v) is 7.39. The van der Waals surface area contributed by atoms with Crippen LogP contribution in [0, 0.1) is 12.8 Å². The van der Waals surface area contributed by atoms with Gasteiger partial charge in [-0.15, -0.1) is 0 Å². The average molecular weight is 275 g/mol. The third-order valence-corrected chi connectivity index (χ3v) is 4.06. The van der Waals surface area contributed by atoms with Crippen LogP contribution < -0.4 is 16.0 Å². The van der Waals surface area contributed by atoms with Crippen LogP contribution in [0.3, 0.4) is 0 Å². The molecule has 0 atom stereocenters. The molecule has 1 amide bonds. The lowest BCUT2D eigenvalue weighted by Crippen LogP contribution is -2.38. The summed E-state index contributed by atoms with van der Waals surface area (Å²) in [7, 11) is 0. The van der Waals surface area contributed by atoms with Gasteiger partial charge in [0, 0.05) is 38.8 Å². The van der Waals surface area contributed by atoms with Gasteiger partial charge in [-0.3, -0.25) is 4.79 Å². The van der Waals surface area contributed by atoms with Gasteiger partial charge in [0.2, 0.25) is 5.91 Å². The normalized spacial score (nSPS) is 16.2. The fourth-order valence-electron chi connectivity index (χ4n) is 2.81. The first-order chi connectivity index (χ1) is 9.60. The smallest absolute Gasteiger partial charge is 0.216 e. The van der Waals surface area contributed by atoms with Crippen LogP contribution in [0.5, 0.6) is 0 Å². The van der Waals surface area contributed by atoms with E-state index in [4.69, 9.17) is 5.73 Å². The molecule has 1 aliphatic heterocycles. The largest absolute Gasteiger partial charge is 0.371 e. The van der Waals surface area contributed by atoms with Gasteiger partial charge in [0.25, 0.3) is 0 Å². The van der Waals surface area contributed by atoms with Crippen LogP contribution in [0.2, 0.25) is 0 Å². The van der Waals surface area contributed by atoms with Crippen molar-refractivity contribution >= 4 is 11.6 Å². The molecule has 2 rings (SSSR count). The number of carbonyl (C=O) groups is 1. The van der Waals surface area contributed by atoms with E-state index in [1.807, 2.05) is 0 Å². The Morgan fingerprint density at radius 3 is 2.70 bits per heavy atom. The molecule has 1 aromatic rings. The Balaban J connectivity index is 1.96. The maximum Gasteiger partial charge on any atom is 0.216 e. The van der Waals surface area contributed by atoms with E-state index >= 15 is 0 Å². The second-order valence-electron chi connectivity index (χ2n) is 5.70. The number of piperidine rings is 1. The highest BCUT2D eigenvalue weighted by molar-refractivity contribution is 5.72. The summed E-state index contributed by atoms with van der Waals surface area (Å²) in [4.78, 5) is 13.4. The van der Waals surface area contributed by atoms with E-state index in [1.165, 1.54) is 16.8 Å². The Morgan fingerprint density at radius 2 is 2.10 bits per heavy atom. The number of rotatable bonds is 4. The summed E-state index contributed by atoms with van der Waals surface area (Å²) >= 11 is 0. The standard InChI is InChI=1S/C16H25N3O/c1-12-3-4-15(10-17)16(9-12)19-7-5-14(6-8-19)11-18-13(2)20/h3-4,9,14H,5-8,10-11,17H2,1-2H3,(H,18,20). The lowest BCUT2D eigenvalue weighted by atomic mass is 9.95. The molecular formula is C16H25N3O. The van der Waals surface area contributed by atoms with Crippen LogP contribution in [-0.4, -0.2) is 25.5 Å². The summed E-state index contributed by atoms with van der Waals surface area (Å²) in [5.74, 6) is 0.665. The molecule has 0 saturated carbocycles. The Bertz CT molecular complexity index is 465. The average Bonchev–Trinajstić information content (AvgIpc) is 2.45. The molecule has 20 heavy (non-hydrogen) atoms. The molecule has 0 unspecified atom stereocenters. The Kier molecular flexibility index (Phi) is 5.01. The summed E-state index contributed by atoms with van der Waals surface area (Å²) in [6, 6.07) is 6.49. The molecule has 1 fully saturated rings. The summed E-state index contributed by atoms with van der Waals surface area (Å²) in [6.45, 7) is 7.17. The van der Waals surface area contributed by atoms with Crippen LogP contribution >= 0.6 is 0 Å². The molecule has 0 radical (unpaired) electrons. The number of hydrogen-bond donors (Lipinski definition) is 2. The van der Waals surface area contributed by atoms with Gasteiger partial charge < -0.3 is 16.0 Å². The van der Waals surface area contributed by atoms with Crippen LogP contribution in [0.1, 0.15) is 30.9 Å². The second-order valence-corrected chi connectivity index (χ2v) is 5.70. The third-order valence-electron chi connectivity index (χ3n) is 4.06. The molecule has 0 aromatic heterocycles. The molecule has 0 aliphatic carbocycles. The summed E-state index contributed by atoms with van der Waals surface area (Å²) in [5, 5.41) is 2.92. The topological polar surface area (TPSA) is 58.4 Å². The predicted molar refractivity (Wildman–Crippen MR) is 82.7 cm³/mol. The minimum Gasteiger partial charge on any atom is -0.371 e. The minimum atomic E-state index is 0.0662. The first kappa shape index (κ1) is 14.9. The van der Waals surface area contributed by atoms with Crippen molar-refractivity contribution in [1.82, 2.24) is 5.32 Å².